The number of benzene rings is 2. The molecule has 0 fully saturated rings. The van der Waals surface area contributed by atoms with Gasteiger partial charge >= 0.3 is 0 Å². The second-order valence-corrected chi connectivity index (χ2v) is 5.35. The first-order chi connectivity index (χ1) is 11.1. The Morgan fingerprint density at radius 3 is 2.43 bits per heavy atom. The highest BCUT2D eigenvalue weighted by atomic mass is 35.5. The van der Waals surface area contributed by atoms with Crippen molar-refractivity contribution < 1.29 is 9.59 Å². The molecule has 2 N–H and O–H groups in total. The lowest BCUT2D eigenvalue weighted by atomic mass is 10.2. The molecule has 0 saturated heterocycles. The average Bonchev–Trinajstić information content (AvgIpc) is 2.55. The second-order valence-electron chi connectivity index (χ2n) is 4.50. The third-order valence-corrected chi connectivity index (χ3v) is 3.41. The fourth-order valence-electron chi connectivity index (χ4n) is 1.66. The van der Waals surface area contributed by atoms with Gasteiger partial charge < -0.3 is 5.32 Å². The van der Waals surface area contributed by atoms with Crippen molar-refractivity contribution in [1.82, 2.24) is 10.7 Å². The number of carbonyl (C=O) groups is 2. The van der Waals surface area contributed by atoms with Gasteiger partial charge in [-0.3, -0.25) is 9.59 Å². The van der Waals surface area contributed by atoms with Gasteiger partial charge in [-0.1, -0.05) is 41.4 Å². The van der Waals surface area contributed by atoms with Crippen LogP contribution in [0.2, 0.25) is 10.0 Å². The largest absolute Gasteiger partial charge is 0.343 e. The SMILES string of the molecule is O=C(CNC(=O)c1ccc(Cl)cc1)N/N=C/c1ccccc1Cl. The minimum Gasteiger partial charge on any atom is -0.343 e. The van der Waals surface area contributed by atoms with Crippen LogP contribution in [0, 0.1) is 0 Å². The number of hydrogen-bond donors (Lipinski definition) is 2. The molecule has 2 aromatic rings. The van der Waals surface area contributed by atoms with Gasteiger partial charge in [0.2, 0.25) is 0 Å². The van der Waals surface area contributed by atoms with E-state index in [0.717, 1.165) is 0 Å². The summed E-state index contributed by atoms with van der Waals surface area (Å²) in [6, 6.07) is 13.4. The van der Waals surface area contributed by atoms with Crippen molar-refractivity contribution in [3.63, 3.8) is 0 Å². The summed E-state index contributed by atoms with van der Waals surface area (Å²) in [4.78, 5) is 23.4. The van der Waals surface area contributed by atoms with E-state index in [9.17, 15) is 9.59 Å². The number of amides is 2. The highest BCUT2D eigenvalue weighted by Crippen LogP contribution is 2.12. The molecule has 7 heteroatoms. The van der Waals surface area contributed by atoms with Gasteiger partial charge in [-0.2, -0.15) is 5.10 Å². The van der Waals surface area contributed by atoms with Crippen molar-refractivity contribution in [1.29, 1.82) is 0 Å². The molecule has 0 atom stereocenters. The summed E-state index contributed by atoms with van der Waals surface area (Å²) in [5.74, 6) is -0.817. The van der Waals surface area contributed by atoms with Crippen molar-refractivity contribution in [3.8, 4) is 0 Å². The molecule has 0 unspecified atom stereocenters. The first-order valence-electron chi connectivity index (χ1n) is 6.66. The maximum Gasteiger partial charge on any atom is 0.259 e. The third kappa shape index (κ3) is 5.39. The summed E-state index contributed by atoms with van der Waals surface area (Å²) >= 11 is 11.7. The Bertz CT molecular complexity index is 730. The molecule has 118 valence electrons. The quantitative estimate of drug-likeness (QED) is 0.643. The zero-order chi connectivity index (χ0) is 16.7. The van der Waals surface area contributed by atoms with E-state index < -0.39 is 5.91 Å². The molecule has 2 amide bonds. The Morgan fingerprint density at radius 1 is 1.04 bits per heavy atom. The van der Waals surface area contributed by atoms with Crippen LogP contribution in [0.15, 0.2) is 53.6 Å². The van der Waals surface area contributed by atoms with Crippen molar-refractivity contribution in [3.05, 3.63) is 69.7 Å². The summed E-state index contributed by atoms with van der Waals surface area (Å²) in [5.41, 5.74) is 3.41. The minimum absolute atomic E-state index is 0.193. The monoisotopic (exact) mass is 349 g/mol. The van der Waals surface area contributed by atoms with Gasteiger partial charge in [0.15, 0.2) is 0 Å². The molecule has 0 radical (unpaired) electrons. The Kier molecular flexibility index (Phi) is 6.14. The summed E-state index contributed by atoms with van der Waals surface area (Å²) < 4.78 is 0. The first-order valence-corrected chi connectivity index (χ1v) is 7.42. The lowest BCUT2D eigenvalue weighted by Gasteiger charge is -2.04. The normalized spacial score (nSPS) is 10.5. The number of nitrogens with one attached hydrogen (secondary N) is 2. The Labute approximate surface area is 143 Å². The van der Waals surface area contributed by atoms with Crippen molar-refractivity contribution in [2.45, 2.75) is 0 Å². The second kappa shape index (κ2) is 8.31. The zero-order valence-electron chi connectivity index (χ0n) is 11.9. The molecule has 0 bridgehead atoms. The van der Waals surface area contributed by atoms with Crippen LogP contribution in [0.5, 0.6) is 0 Å². The molecular formula is C16H13Cl2N3O2. The molecule has 0 aliphatic carbocycles. The summed E-state index contributed by atoms with van der Waals surface area (Å²) in [7, 11) is 0. The van der Waals surface area contributed by atoms with Crippen LogP contribution in [0.1, 0.15) is 15.9 Å². The number of hydrogen-bond acceptors (Lipinski definition) is 3. The summed E-state index contributed by atoms with van der Waals surface area (Å²) in [5, 5.41) is 7.34. The first kappa shape index (κ1) is 17.0. The summed E-state index contributed by atoms with van der Waals surface area (Å²) in [6.45, 7) is -0.193. The smallest absolute Gasteiger partial charge is 0.259 e. The molecule has 0 aliphatic rings. The lowest BCUT2D eigenvalue weighted by Crippen LogP contribution is -2.34. The Morgan fingerprint density at radius 2 is 1.74 bits per heavy atom. The van der Waals surface area contributed by atoms with Crippen LogP contribution < -0.4 is 10.7 Å². The highest BCUT2D eigenvalue weighted by Gasteiger charge is 2.07. The maximum atomic E-state index is 11.8. The molecule has 5 nitrogen and oxygen atoms in total. The van der Waals surface area contributed by atoms with Gasteiger partial charge in [0.25, 0.3) is 11.8 Å². The molecule has 0 spiro atoms. The summed E-state index contributed by atoms with van der Waals surface area (Å²) in [6.07, 6.45) is 1.43. The van der Waals surface area contributed by atoms with E-state index in [-0.39, 0.29) is 12.5 Å². The fraction of sp³-hybridized carbons (Fsp3) is 0.0625. The van der Waals surface area contributed by atoms with E-state index in [4.69, 9.17) is 23.2 Å². The van der Waals surface area contributed by atoms with Gasteiger partial charge in [-0.15, -0.1) is 0 Å². The number of hydrazone groups is 1. The van der Waals surface area contributed by atoms with Gasteiger partial charge in [-0.05, 0) is 30.3 Å². The van der Waals surface area contributed by atoms with Crippen LogP contribution >= 0.6 is 23.2 Å². The number of nitrogens with zero attached hydrogens (tertiary/aromatic N) is 1. The predicted octanol–water partition coefficient (Wildman–Crippen LogP) is 2.87. The van der Waals surface area contributed by atoms with Gasteiger partial charge in [0.05, 0.1) is 12.8 Å². The lowest BCUT2D eigenvalue weighted by molar-refractivity contribution is -0.120. The minimum atomic E-state index is -0.449. The molecule has 0 heterocycles. The van der Waals surface area contributed by atoms with Gasteiger partial charge in [0, 0.05) is 21.2 Å². The molecule has 2 rings (SSSR count). The Hall–Kier alpha value is -2.37. The van der Waals surface area contributed by atoms with Crippen molar-refractivity contribution in [2.24, 2.45) is 5.10 Å². The van der Waals surface area contributed by atoms with E-state index in [0.29, 0.717) is 21.2 Å². The number of halogens is 2. The predicted molar refractivity (Wildman–Crippen MR) is 91.0 cm³/mol. The number of rotatable bonds is 5. The van der Waals surface area contributed by atoms with Gasteiger partial charge in [-0.25, -0.2) is 5.43 Å². The third-order valence-electron chi connectivity index (χ3n) is 2.81. The Balaban J connectivity index is 1.80. The fourth-order valence-corrected chi connectivity index (χ4v) is 1.97. The van der Waals surface area contributed by atoms with Gasteiger partial charge in [0.1, 0.15) is 0 Å². The standard InChI is InChI=1S/C16H13Cl2N3O2/c17-13-7-5-11(6-8-13)16(23)19-10-15(22)21-20-9-12-3-1-2-4-14(12)18/h1-9H,10H2,(H,19,23)(H,21,22)/b20-9+. The van der Waals surface area contributed by atoms with E-state index in [1.165, 1.54) is 6.21 Å². The van der Waals surface area contributed by atoms with E-state index in [1.54, 1.807) is 48.5 Å². The maximum absolute atomic E-state index is 11.8. The zero-order valence-corrected chi connectivity index (χ0v) is 13.4. The van der Waals surface area contributed by atoms with Crippen LogP contribution in [0.3, 0.4) is 0 Å². The molecule has 0 aliphatic heterocycles. The molecule has 0 aromatic heterocycles. The van der Waals surface area contributed by atoms with Crippen LogP contribution in [0.25, 0.3) is 0 Å². The van der Waals surface area contributed by atoms with Crippen molar-refractivity contribution in [2.75, 3.05) is 6.54 Å². The van der Waals surface area contributed by atoms with E-state index in [1.807, 2.05) is 0 Å². The van der Waals surface area contributed by atoms with E-state index >= 15 is 0 Å². The van der Waals surface area contributed by atoms with Crippen LogP contribution in [0.4, 0.5) is 0 Å². The topological polar surface area (TPSA) is 70.6 Å². The van der Waals surface area contributed by atoms with Crippen LogP contribution in [-0.4, -0.2) is 24.6 Å². The molecule has 2 aromatic carbocycles. The van der Waals surface area contributed by atoms with Crippen LogP contribution in [-0.2, 0) is 4.79 Å². The highest BCUT2D eigenvalue weighted by molar-refractivity contribution is 6.33. The molecule has 23 heavy (non-hydrogen) atoms. The van der Waals surface area contributed by atoms with E-state index in [2.05, 4.69) is 15.8 Å². The molecular weight excluding hydrogens is 337 g/mol. The average molecular weight is 350 g/mol. The molecule has 0 saturated carbocycles. The van der Waals surface area contributed by atoms with Crippen molar-refractivity contribution >= 4 is 41.2 Å². The number of carbonyl (C=O) groups excluding carboxylic acids is 2.